The zero-order chi connectivity index (χ0) is 22.7. The van der Waals surface area contributed by atoms with Crippen molar-refractivity contribution in [3.05, 3.63) is 57.9 Å². The highest BCUT2D eigenvalue weighted by Crippen LogP contribution is 2.25. The summed E-state index contributed by atoms with van der Waals surface area (Å²) in [4.78, 5) is 23.8. The summed E-state index contributed by atoms with van der Waals surface area (Å²) in [7, 11) is 0. The van der Waals surface area contributed by atoms with E-state index in [9.17, 15) is 14.3 Å². The zero-order valence-corrected chi connectivity index (χ0v) is 18.8. The lowest BCUT2D eigenvalue weighted by molar-refractivity contribution is 0.00242. The standard InChI is InChI=1S/C23H28ClFN4O3/c1-14-8-15(5-7-32-14)9-22-26-11-17-4-6-29(12-20(17)27-22)23(31)28-21(13-30)16-2-3-18(24)19(25)10-16/h2-3,10-11,14-15,21,30H,4-9,12-13H2,1H3,(H,28,31)/t14-,15?,21-/m1/s1. The molecule has 2 aliphatic heterocycles. The van der Waals surface area contributed by atoms with Crippen molar-refractivity contribution in [3.63, 3.8) is 0 Å². The SMILES string of the molecule is C[C@@H]1CC(Cc2ncc3c(n2)CN(C(=O)N[C@H](CO)c2ccc(Cl)c(F)c2)CC3)CCO1. The number of carbonyl (C=O) groups is 1. The lowest BCUT2D eigenvalue weighted by Crippen LogP contribution is -2.45. The number of halogens is 2. The zero-order valence-electron chi connectivity index (χ0n) is 18.1. The summed E-state index contributed by atoms with van der Waals surface area (Å²) in [5.74, 6) is 0.715. The Morgan fingerprint density at radius 1 is 1.47 bits per heavy atom. The molecule has 1 unspecified atom stereocenters. The Morgan fingerprint density at radius 3 is 3.06 bits per heavy atom. The Hall–Kier alpha value is -2.29. The van der Waals surface area contributed by atoms with Gasteiger partial charge in [-0.3, -0.25) is 0 Å². The molecule has 0 radical (unpaired) electrons. The van der Waals surface area contributed by atoms with Crippen LogP contribution in [0.5, 0.6) is 0 Å². The van der Waals surface area contributed by atoms with E-state index in [1.54, 1.807) is 11.0 Å². The highest BCUT2D eigenvalue weighted by atomic mass is 35.5. The average molecular weight is 463 g/mol. The van der Waals surface area contributed by atoms with E-state index in [0.29, 0.717) is 31.0 Å². The van der Waals surface area contributed by atoms with Crippen LogP contribution < -0.4 is 5.32 Å². The molecule has 0 bridgehead atoms. The van der Waals surface area contributed by atoms with Gasteiger partial charge in [-0.1, -0.05) is 17.7 Å². The number of nitrogens with zero attached hydrogens (tertiary/aromatic N) is 3. The number of aliphatic hydroxyl groups is 1. The summed E-state index contributed by atoms with van der Waals surface area (Å²) in [5.41, 5.74) is 2.36. The Labute approximate surface area is 192 Å². The van der Waals surface area contributed by atoms with E-state index in [1.807, 2.05) is 6.20 Å². The van der Waals surface area contributed by atoms with Crippen molar-refractivity contribution in [1.29, 1.82) is 0 Å². The van der Waals surface area contributed by atoms with Gasteiger partial charge in [-0.2, -0.15) is 0 Å². The molecule has 0 aliphatic carbocycles. The molecule has 0 spiro atoms. The normalized spacial score (nSPS) is 21.7. The highest BCUT2D eigenvalue weighted by Gasteiger charge is 2.26. The molecule has 3 heterocycles. The smallest absolute Gasteiger partial charge is 0.318 e. The third-order valence-electron chi connectivity index (χ3n) is 6.17. The van der Waals surface area contributed by atoms with Crippen molar-refractivity contribution in [2.75, 3.05) is 19.8 Å². The number of ether oxygens (including phenoxy) is 1. The summed E-state index contributed by atoms with van der Waals surface area (Å²) in [5, 5.41) is 12.5. The van der Waals surface area contributed by atoms with Crippen molar-refractivity contribution in [1.82, 2.24) is 20.2 Å². The Kier molecular flexibility index (Phi) is 7.23. The maximum absolute atomic E-state index is 13.8. The van der Waals surface area contributed by atoms with Gasteiger partial charge in [0.2, 0.25) is 0 Å². The second kappa shape index (κ2) is 10.1. The molecule has 7 nitrogen and oxygen atoms in total. The number of aliphatic hydroxyl groups excluding tert-OH is 1. The van der Waals surface area contributed by atoms with E-state index >= 15 is 0 Å². The molecule has 4 rings (SSSR count). The second-order valence-corrected chi connectivity index (χ2v) is 8.97. The average Bonchev–Trinajstić information content (AvgIpc) is 2.78. The molecular formula is C23H28ClFN4O3. The van der Waals surface area contributed by atoms with Crippen LogP contribution >= 0.6 is 11.6 Å². The first-order chi connectivity index (χ1) is 15.4. The Morgan fingerprint density at radius 2 is 2.31 bits per heavy atom. The molecule has 1 aromatic carbocycles. The molecule has 9 heteroatoms. The summed E-state index contributed by atoms with van der Waals surface area (Å²) < 4.78 is 19.4. The first-order valence-corrected chi connectivity index (χ1v) is 11.4. The van der Waals surface area contributed by atoms with E-state index in [1.165, 1.54) is 12.1 Å². The van der Waals surface area contributed by atoms with Gasteiger partial charge in [-0.15, -0.1) is 0 Å². The van der Waals surface area contributed by atoms with E-state index in [0.717, 1.165) is 43.0 Å². The number of amides is 2. The van der Waals surface area contributed by atoms with Crippen LogP contribution in [0, 0.1) is 11.7 Å². The van der Waals surface area contributed by atoms with Crippen LogP contribution in [0.4, 0.5) is 9.18 Å². The van der Waals surface area contributed by atoms with Crippen molar-refractivity contribution in [3.8, 4) is 0 Å². The number of aromatic nitrogens is 2. The first-order valence-electron chi connectivity index (χ1n) is 11.0. The Bertz CT molecular complexity index is 976. The molecule has 2 aromatic rings. The third kappa shape index (κ3) is 5.36. The van der Waals surface area contributed by atoms with Gasteiger partial charge in [0.05, 0.1) is 36.0 Å². The van der Waals surface area contributed by atoms with Gasteiger partial charge in [-0.25, -0.2) is 19.2 Å². The summed E-state index contributed by atoms with van der Waals surface area (Å²) in [6.07, 6.45) is 5.62. The van der Waals surface area contributed by atoms with E-state index < -0.39 is 11.9 Å². The number of benzene rings is 1. The summed E-state index contributed by atoms with van der Waals surface area (Å²) >= 11 is 5.73. The maximum atomic E-state index is 13.8. The van der Waals surface area contributed by atoms with Crippen LogP contribution in [-0.2, 0) is 24.1 Å². The van der Waals surface area contributed by atoms with Crippen molar-refractivity contribution >= 4 is 17.6 Å². The lowest BCUT2D eigenvalue weighted by atomic mass is 9.92. The molecule has 0 saturated carbocycles. The van der Waals surface area contributed by atoms with Crippen LogP contribution in [0.3, 0.4) is 0 Å². The van der Waals surface area contributed by atoms with Crippen LogP contribution in [-0.4, -0.2) is 51.9 Å². The number of rotatable bonds is 5. The van der Waals surface area contributed by atoms with Crippen LogP contribution in [0.25, 0.3) is 0 Å². The Balaban J connectivity index is 1.41. The number of urea groups is 1. The van der Waals surface area contributed by atoms with Gasteiger partial charge in [-0.05, 0) is 55.4 Å². The molecule has 3 atom stereocenters. The number of hydrogen-bond donors (Lipinski definition) is 2. The highest BCUT2D eigenvalue weighted by molar-refractivity contribution is 6.30. The molecule has 2 N–H and O–H groups in total. The fourth-order valence-electron chi connectivity index (χ4n) is 4.35. The monoisotopic (exact) mass is 462 g/mol. The number of fused-ring (bicyclic) bond motifs is 1. The van der Waals surface area contributed by atoms with Crippen molar-refractivity contribution in [2.45, 2.75) is 51.3 Å². The van der Waals surface area contributed by atoms with Crippen LogP contribution in [0.2, 0.25) is 5.02 Å². The van der Waals surface area contributed by atoms with Gasteiger partial charge >= 0.3 is 6.03 Å². The molecule has 1 aromatic heterocycles. The quantitative estimate of drug-likeness (QED) is 0.710. The number of nitrogens with one attached hydrogen (secondary N) is 1. The van der Waals surface area contributed by atoms with Crippen molar-refractivity contribution < 1.29 is 19.0 Å². The summed E-state index contributed by atoms with van der Waals surface area (Å²) in [6.45, 7) is 3.40. The van der Waals surface area contributed by atoms with E-state index in [2.05, 4.69) is 17.2 Å². The fraction of sp³-hybridized carbons (Fsp3) is 0.522. The molecule has 172 valence electrons. The van der Waals surface area contributed by atoms with Gasteiger partial charge in [0.25, 0.3) is 0 Å². The minimum atomic E-state index is -0.730. The van der Waals surface area contributed by atoms with E-state index in [-0.39, 0.29) is 23.8 Å². The topological polar surface area (TPSA) is 87.6 Å². The molecule has 2 amide bonds. The van der Waals surface area contributed by atoms with Crippen LogP contribution in [0.1, 0.15) is 48.5 Å². The minimum Gasteiger partial charge on any atom is -0.394 e. The number of hydrogen-bond acceptors (Lipinski definition) is 5. The first kappa shape index (κ1) is 22.9. The van der Waals surface area contributed by atoms with Crippen LogP contribution in [0.15, 0.2) is 24.4 Å². The predicted octanol–water partition coefficient (Wildman–Crippen LogP) is 3.43. The largest absolute Gasteiger partial charge is 0.394 e. The minimum absolute atomic E-state index is 0.00454. The van der Waals surface area contributed by atoms with Gasteiger partial charge < -0.3 is 20.1 Å². The molecule has 1 saturated heterocycles. The third-order valence-corrected chi connectivity index (χ3v) is 6.48. The lowest BCUT2D eigenvalue weighted by Gasteiger charge is -2.30. The van der Waals surface area contributed by atoms with Crippen molar-refractivity contribution in [2.24, 2.45) is 5.92 Å². The molecule has 2 aliphatic rings. The summed E-state index contributed by atoms with van der Waals surface area (Å²) in [6, 6.07) is 3.17. The van der Waals surface area contributed by atoms with Gasteiger partial charge in [0, 0.05) is 25.8 Å². The predicted molar refractivity (Wildman–Crippen MR) is 118 cm³/mol. The molecule has 1 fully saturated rings. The van der Waals surface area contributed by atoms with Gasteiger partial charge in [0.15, 0.2) is 0 Å². The molecular weight excluding hydrogens is 435 g/mol. The van der Waals surface area contributed by atoms with Gasteiger partial charge in [0.1, 0.15) is 11.6 Å². The molecule has 32 heavy (non-hydrogen) atoms. The number of carbonyl (C=O) groups excluding carboxylic acids is 1. The second-order valence-electron chi connectivity index (χ2n) is 8.56. The fourth-order valence-corrected chi connectivity index (χ4v) is 4.47. The van der Waals surface area contributed by atoms with E-state index in [4.69, 9.17) is 21.3 Å². The maximum Gasteiger partial charge on any atom is 0.318 e.